The van der Waals surface area contributed by atoms with Crippen LogP contribution in [0.15, 0.2) is 48.5 Å². The van der Waals surface area contributed by atoms with Gasteiger partial charge in [0.1, 0.15) is 0 Å². The van der Waals surface area contributed by atoms with Gasteiger partial charge in [0.2, 0.25) is 0 Å². The molecule has 0 nitrogen and oxygen atoms in total. The van der Waals surface area contributed by atoms with E-state index in [1.54, 1.807) is 6.07 Å². The average molecular weight is 265 g/mol. The van der Waals surface area contributed by atoms with Crippen molar-refractivity contribution in [1.29, 1.82) is 0 Å². The molecule has 0 bridgehead atoms. The van der Waals surface area contributed by atoms with Gasteiger partial charge < -0.3 is 0 Å². The fourth-order valence-corrected chi connectivity index (χ4v) is 2.67. The molecule has 0 aromatic heterocycles. The van der Waals surface area contributed by atoms with Crippen LogP contribution in [0.25, 0.3) is 0 Å². The van der Waals surface area contributed by atoms with Crippen LogP contribution in [-0.4, -0.2) is 0 Å². The number of rotatable bonds is 3. The van der Waals surface area contributed by atoms with E-state index in [1.807, 2.05) is 18.2 Å². The quantitative estimate of drug-likeness (QED) is 0.683. The summed E-state index contributed by atoms with van der Waals surface area (Å²) in [7, 11) is 0. The summed E-state index contributed by atoms with van der Waals surface area (Å²) in [5.74, 6) is 0.354. The van der Waals surface area contributed by atoms with Crippen molar-refractivity contribution in [1.82, 2.24) is 0 Å². The molecular formula is C15H14Cl2. The lowest BCUT2D eigenvalue weighted by molar-refractivity contribution is 0.777. The largest absolute Gasteiger partial charge is 0.0843 e. The summed E-state index contributed by atoms with van der Waals surface area (Å²) in [6.07, 6.45) is 1.03. The molecule has 0 saturated heterocycles. The van der Waals surface area contributed by atoms with Crippen LogP contribution in [0.1, 0.15) is 30.4 Å². The molecule has 0 amide bonds. The fraction of sp³-hybridized carbons (Fsp3) is 0.200. The van der Waals surface area contributed by atoms with Gasteiger partial charge in [-0.1, -0.05) is 60.5 Å². The maximum Gasteiger partial charge on any atom is 0.0423 e. The molecule has 0 aliphatic heterocycles. The molecule has 0 spiro atoms. The molecule has 2 aromatic carbocycles. The molecule has 1 unspecified atom stereocenters. The summed E-state index contributed by atoms with van der Waals surface area (Å²) in [5.41, 5.74) is 2.48. The van der Waals surface area contributed by atoms with Crippen molar-refractivity contribution in [3.8, 4) is 0 Å². The Kier molecular flexibility index (Phi) is 4.09. The molecule has 0 heterocycles. The van der Waals surface area contributed by atoms with Crippen molar-refractivity contribution in [2.24, 2.45) is 0 Å². The first kappa shape index (κ1) is 12.5. The van der Waals surface area contributed by atoms with E-state index in [9.17, 15) is 0 Å². The van der Waals surface area contributed by atoms with Crippen LogP contribution in [0.2, 0.25) is 10.0 Å². The number of hydrogen-bond donors (Lipinski definition) is 0. The highest BCUT2D eigenvalue weighted by atomic mass is 35.5. The Balaban J connectivity index is 2.42. The lowest BCUT2D eigenvalue weighted by Gasteiger charge is -2.16. The van der Waals surface area contributed by atoms with Crippen molar-refractivity contribution in [3.63, 3.8) is 0 Å². The third-order valence-electron chi connectivity index (χ3n) is 2.90. The van der Waals surface area contributed by atoms with Crippen LogP contribution < -0.4 is 0 Å². The van der Waals surface area contributed by atoms with Crippen LogP contribution in [0.5, 0.6) is 0 Å². The van der Waals surface area contributed by atoms with Gasteiger partial charge in [-0.15, -0.1) is 0 Å². The monoisotopic (exact) mass is 264 g/mol. The van der Waals surface area contributed by atoms with Crippen LogP contribution >= 0.6 is 23.2 Å². The van der Waals surface area contributed by atoms with E-state index in [4.69, 9.17) is 23.2 Å². The van der Waals surface area contributed by atoms with E-state index < -0.39 is 0 Å². The molecule has 2 rings (SSSR count). The van der Waals surface area contributed by atoms with Crippen LogP contribution in [0.3, 0.4) is 0 Å². The van der Waals surface area contributed by atoms with E-state index in [-0.39, 0.29) is 0 Å². The van der Waals surface area contributed by atoms with Crippen molar-refractivity contribution in [2.75, 3.05) is 0 Å². The number of halogens is 2. The zero-order valence-electron chi connectivity index (χ0n) is 9.66. The molecule has 0 aliphatic rings. The molecule has 0 aliphatic carbocycles. The Morgan fingerprint density at radius 1 is 0.882 bits per heavy atom. The predicted molar refractivity (Wildman–Crippen MR) is 75.0 cm³/mol. The zero-order valence-corrected chi connectivity index (χ0v) is 11.2. The SMILES string of the molecule is CCC(c1ccccc1)c1cc(Cl)cc(Cl)c1. The second-order valence-electron chi connectivity index (χ2n) is 4.07. The van der Waals surface area contributed by atoms with E-state index in [1.165, 1.54) is 11.1 Å². The first-order chi connectivity index (χ1) is 8.20. The van der Waals surface area contributed by atoms with Crippen molar-refractivity contribution >= 4 is 23.2 Å². The molecule has 0 fully saturated rings. The Labute approximate surface area is 112 Å². The Morgan fingerprint density at radius 2 is 1.47 bits per heavy atom. The summed E-state index contributed by atoms with van der Waals surface area (Å²) in [4.78, 5) is 0. The van der Waals surface area contributed by atoms with Crippen molar-refractivity contribution in [3.05, 3.63) is 69.7 Å². The molecule has 0 radical (unpaired) electrons. The summed E-state index contributed by atoms with van der Waals surface area (Å²) in [6.45, 7) is 2.17. The second kappa shape index (κ2) is 5.57. The van der Waals surface area contributed by atoms with Gasteiger partial charge in [-0.05, 0) is 35.7 Å². The molecular weight excluding hydrogens is 251 g/mol. The van der Waals surface area contributed by atoms with Gasteiger partial charge in [-0.2, -0.15) is 0 Å². The van der Waals surface area contributed by atoms with E-state index in [0.717, 1.165) is 6.42 Å². The lowest BCUT2D eigenvalue weighted by Crippen LogP contribution is -1.99. The Hall–Kier alpha value is -0.980. The molecule has 2 aromatic rings. The summed E-state index contributed by atoms with van der Waals surface area (Å²) in [6, 6.07) is 16.2. The van der Waals surface area contributed by atoms with Crippen molar-refractivity contribution < 1.29 is 0 Å². The molecule has 2 heteroatoms. The maximum absolute atomic E-state index is 6.05. The second-order valence-corrected chi connectivity index (χ2v) is 4.95. The highest BCUT2D eigenvalue weighted by Crippen LogP contribution is 2.31. The van der Waals surface area contributed by atoms with E-state index in [0.29, 0.717) is 16.0 Å². The summed E-state index contributed by atoms with van der Waals surface area (Å²) in [5, 5.41) is 1.39. The van der Waals surface area contributed by atoms with Gasteiger partial charge in [0.05, 0.1) is 0 Å². The van der Waals surface area contributed by atoms with Gasteiger partial charge in [0, 0.05) is 16.0 Å². The van der Waals surface area contributed by atoms with Crippen LogP contribution in [-0.2, 0) is 0 Å². The molecule has 17 heavy (non-hydrogen) atoms. The minimum Gasteiger partial charge on any atom is -0.0843 e. The Bertz CT molecular complexity index is 471. The average Bonchev–Trinajstić information content (AvgIpc) is 2.30. The van der Waals surface area contributed by atoms with Crippen LogP contribution in [0.4, 0.5) is 0 Å². The standard InChI is InChI=1S/C15H14Cl2/c1-2-15(11-6-4-3-5-7-11)12-8-13(16)10-14(17)9-12/h3-10,15H,2H2,1H3. The summed E-state index contributed by atoms with van der Waals surface area (Å²) >= 11 is 12.1. The van der Waals surface area contributed by atoms with Gasteiger partial charge in [0.25, 0.3) is 0 Å². The molecule has 1 atom stereocenters. The maximum atomic E-state index is 6.05. The van der Waals surface area contributed by atoms with Crippen LogP contribution in [0, 0.1) is 0 Å². The first-order valence-electron chi connectivity index (χ1n) is 5.71. The highest BCUT2D eigenvalue weighted by molar-refractivity contribution is 6.34. The zero-order chi connectivity index (χ0) is 12.3. The predicted octanol–water partition coefficient (Wildman–Crippen LogP) is 5.54. The molecule has 88 valence electrons. The van der Waals surface area contributed by atoms with E-state index >= 15 is 0 Å². The molecule has 0 saturated carbocycles. The fourth-order valence-electron chi connectivity index (χ4n) is 2.13. The minimum atomic E-state index is 0.354. The lowest BCUT2D eigenvalue weighted by atomic mass is 9.89. The topological polar surface area (TPSA) is 0 Å². The first-order valence-corrected chi connectivity index (χ1v) is 6.47. The van der Waals surface area contributed by atoms with Gasteiger partial charge in [0.15, 0.2) is 0 Å². The molecule has 0 N–H and O–H groups in total. The highest BCUT2D eigenvalue weighted by Gasteiger charge is 2.12. The van der Waals surface area contributed by atoms with Gasteiger partial charge >= 0.3 is 0 Å². The third kappa shape index (κ3) is 3.02. The van der Waals surface area contributed by atoms with Gasteiger partial charge in [-0.25, -0.2) is 0 Å². The van der Waals surface area contributed by atoms with Gasteiger partial charge in [-0.3, -0.25) is 0 Å². The van der Waals surface area contributed by atoms with Crippen molar-refractivity contribution in [2.45, 2.75) is 19.3 Å². The number of benzene rings is 2. The smallest absolute Gasteiger partial charge is 0.0423 e. The summed E-state index contributed by atoms with van der Waals surface area (Å²) < 4.78 is 0. The third-order valence-corrected chi connectivity index (χ3v) is 3.33. The normalized spacial score (nSPS) is 12.4. The Morgan fingerprint density at radius 3 is 2.00 bits per heavy atom. The van der Waals surface area contributed by atoms with E-state index in [2.05, 4.69) is 31.2 Å². The minimum absolute atomic E-state index is 0.354. The number of hydrogen-bond acceptors (Lipinski definition) is 0.